The van der Waals surface area contributed by atoms with Gasteiger partial charge in [-0.25, -0.2) is 4.39 Å². The Balaban J connectivity index is 2.39. The van der Waals surface area contributed by atoms with Crippen molar-refractivity contribution in [3.8, 4) is 0 Å². The van der Waals surface area contributed by atoms with Crippen LogP contribution in [-0.4, -0.2) is 0 Å². The van der Waals surface area contributed by atoms with Gasteiger partial charge in [0.05, 0.1) is 0 Å². The molecule has 0 atom stereocenters. The number of halogens is 1. The highest BCUT2D eigenvalue weighted by atomic mass is 19.1. The first-order valence-corrected chi connectivity index (χ1v) is 4.38. The SMILES string of the molecule is CCCCC1=CCCC(F)=C1. The monoisotopic (exact) mass is 154 g/mol. The van der Waals surface area contributed by atoms with Crippen molar-refractivity contribution >= 4 is 0 Å². The number of hydrogen-bond donors (Lipinski definition) is 0. The molecule has 0 fully saturated rings. The van der Waals surface area contributed by atoms with Crippen molar-refractivity contribution < 1.29 is 4.39 Å². The third kappa shape index (κ3) is 2.87. The second-order valence-electron chi connectivity index (χ2n) is 3.01. The van der Waals surface area contributed by atoms with Crippen LogP contribution < -0.4 is 0 Å². The van der Waals surface area contributed by atoms with Crippen LogP contribution in [0.3, 0.4) is 0 Å². The molecule has 0 spiro atoms. The van der Waals surface area contributed by atoms with Crippen molar-refractivity contribution in [3.05, 3.63) is 23.6 Å². The second kappa shape index (κ2) is 4.32. The second-order valence-corrected chi connectivity index (χ2v) is 3.01. The number of unbranched alkanes of at least 4 members (excludes halogenated alkanes) is 1. The van der Waals surface area contributed by atoms with E-state index in [-0.39, 0.29) is 5.83 Å². The Bertz CT molecular complexity index is 177. The summed E-state index contributed by atoms with van der Waals surface area (Å²) in [6.45, 7) is 2.16. The molecule has 62 valence electrons. The Hall–Kier alpha value is -0.590. The zero-order chi connectivity index (χ0) is 8.10. The Morgan fingerprint density at radius 1 is 1.55 bits per heavy atom. The van der Waals surface area contributed by atoms with Gasteiger partial charge in [-0.1, -0.05) is 19.4 Å². The van der Waals surface area contributed by atoms with E-state index in [2.05, 4.69) is 13.0 Å². The summed E-state index contributed by atoms with van der Waals surface area (Å²) in [6, 6.07) is 0. The highest BCUT2D eigenvalue weighted by molar-refractivity contribution is 5.24. The molecule has 1 aliphatic carbocycles. The zero-order valence-corrected chi connectivity index (χ0v) is 7.07. The van der Waals surface area contributed by atoms with Gasteiger partial charge in [0.1, 0.15) is 5.83 Å². The maximum absolute atomic E-state index is 12.7. The number of allylic oxidation sites excluding steroid dienone is 4. The fourth-order valence-electron chi connectivity index (χ4n) is 1.28. The molecule has 0 unspecified atom stereocenters. The highest BCUT2D eigenvalue weighted by Crippen LogP contribution is 2.21. The topological polar surface area (TPSA) is 0 Å². The first-order valence-electron chi connectivity index (χ1n) is 4.38. The van der Waals surface area contributed by atoms with Crippen LogP contribution in [-0.2, 0) is 0 Å². The van der Waals surface area contributed by atoms with Crippen LogP contribution in [0.5, 0.6) is 0 Å². The van der Waals surface area contributed by atoms with E-state index in [0.717, 1.165) is 12.8 Å². The van der Waals surface area contributed by atoms with Crippen molar-refractivity contribution in [1.82, 2.24) is 0 Å². The molecule has 0 aromatic carbocycles. The molecular formula is C10H15F. The van der Waals surface area contributed by atoms with E-state index in [1.54, 1.807) is 6.08 Å². The minimum atomic E-state index is 0.0543. The van der Waals surface area contributed by atoms with Crippen molar-refractivity contribution in [2.75, 3.05) is 0 Å². The quantitative estimate of drug-likeness (QED) is 0.580. The molecule has 0 amide bonds. The molecule has 0 aromatic rings. The third-order valence-corrected chi connectivity index (χ3v) is 1.95. The Kier molecular flexibility index (Phi) is 3.34. The van der Waals surface area contributed by atoms with E-state index in [1.807, 2.05) is 0 Å². The van der Waals surface area contributed by atoms with E-state index < -0.39 is 0 Å². The average molecular weight is 154 g/mol. The normalized spacial score (nSPS) is 17.6. The molecule has 11 heavy (non-hydrogen) atoms. The summed E-state index contributed by atoms with van der Waals surface area (Å²) in [5.74, 6) is 0.0543. The molecule has 0 heterocycles. The summed E-state index contributed by atoms with van der Waals surface area (Å²) in [4.78, 5) is 0. The Morgan fingerprint density at radius 2 is 2.36 bits per heavy atom. The lowest BCUT2D eigenvalue weighted by atomic mass is 10.0. The van der Waals surface area contributed by atoms with E-state index in [1.165, 1.54) is 18.4 Å². The van der Waals surface area contributed by atoms with Gasteiger partial charge in [0.25, 0.3) is 0 Å². The third-order valence-electron chi connectivity index (χ3n) is 1.95. The lowest BCUT2D eigenvalue weighted by Gasteiger charge is -2.07. The predicted molar refractivity (Wildman–Crippen MR) is 46.0 cm³/mol. The van der Waals surface area contributed by atoms with E-state index in [9.17, 15) is 4.39 Å². The molecule has 1 aliphatic rings. The smallest absolute Gasteiger partial charge is 0.100 e. The van der Waals surface area contributed by atoms with Crippen LogP contribution >= 0.6 is 0 Å². The Morgan fingerprint density at radius 3 is 3.00 bits per heavy atom. The van der Waals surface area contributed by atoms with Crippen LogP contribution in [0.1, 0.15) is 39.0 Å². The van der Waals surface area contributed by atoms with Crippen molar-refractivity contribution in [2.24, 2.45) is 0 Å². The minimum Gasteiger partial charge on any atom is -0.212 e. The molecule has 0 aliphatic heterocycles. The molecule has 0 saturated heterocycles. The van der Waals surface area contributed by atoms with Gasteiger partial charge >= 0.3 is 0 Å². The summed E-state index contributed by atoms with van der Waals surface area (Å²) in [7, 11) is 0. The van der Waals surface area contributed by atoms with Crippen LogP contribution in [0.2, 0.25) is 0 Å². The number of rotatable bonds is 3. The molecule has 1 rings (SSSR count). The van der Waals surface area contributed by atoms with Gasteiger partial charge in [-0.05, 0) is 30.9 Å². The first kappa shape index (κ1) is 8.51. The maximum atomic E-state index is 12.7. The van der Waals surface area contributed by atoms with Gasteiger partial charge in [-0.15, -0.1) is 0 Å². The predicted octanol–water partition coefficient (Wildman–Crippen LogP) is 3.75. The molecule has 0 saturated carbocycles. The molecule has 1 heteroatoms. The lowest BCUT2D eigenvalue weighted by molar-refractivity contribution is 0.582. The molecule has 0 nitrogen and oxygen atoms in total. The lowest BCUT2D eigenvalue weighted by Crippen LogP contribution is -1.88. The van der Waals surface area contributed by atoms with Gasteiger partial charge < -0.3 is 0 Å². The minimum absolute atomic E-state index is 0.0543. The van der Waals surface area contributed by atoms with Crippen molar-refractivity contribution in [1.29, 1.82) is 0 Å². The fourth-order valence-corrected chi connectivity index (χ4v) is 1.28. The fraction of sp³-hybridized carbons (Fsp3) is 0.600. The van der Waals surface area contributed by atoms with Gasteiger partial charge in [0, 0.05) is 6.42 Å². The number of hydrogen-bond acceptors (Lipinski definition) is 0. The van der Waals surface area contributed by atoms with Gasteiger partial charge in [-0.3, -0.25) is 0 Å². The molecule has 0 aromatic heterocycles. The van der Waals surface area contributed by atoms with E-state index in [0.29, 0.717) is 6.42 Å². The summed E-state index contributed by atoms with van der Waals surface area (Å²) in [6.07, 6.45) is 8.75. The summed E-state index contributed by atoms with van der Waals surface area (Å²) >= 11 is 0. The van der Waals surface area contributed by atoms with E-state index >= 15 is 0 Å². The van der Waals surface area contributed by atoms with Gasteiger partial charge in [0.15, 0.2) is 0 Å². The summed E-state index contributed by atoms with van der Waals surface area (Å²) in [5.41, 5.74) is 1.19. The van der Waals surface area contributed by atoms with Crippen molar-refractivity contribution in [2.45, 2.75) is 39.0 Å². The molecular weight excluding hydrogens is 139 g/mol. The Labute approximate surface area is 67.8 Å². The van der Waals surface area contributed by atoms with Crippen molar-refractivity contribution in [3.63, 3.8) is 0 Å². The van der Waals surface area contributed by atoms with Crippen LogP contribution in [0.4, 0.5) is 4.39 Å². The first-order chi connectivity index (χ1) is 5.33. The maximum Gasteiger partial charge on any atom is 0.100 e. The molecule has 0 N–H and O–H groups in total. The summed E-state index contributed by atoms with van der Waals surface area (Å²) in [5, 5.41) is 0. The summed E-state index contributed by atoms with van der Waals surface area (Å²) < 4.78 is 12.7. The van der Waals surface area contributed by atoms with Crippen LogP contribution in [0.15, 0.2) is 23.6 Å². The average Bonchev–Trinajstić information content (AvgIpc) is 2.01. The molecule has 0 bridgehead atoms. The van der Waals surface area contributed by atoms with Gasteiger partial charge in [0.2, 0.25) is 0 Å². The zero-order valence-electron chi connectivity index (χ0n) is 7.07. The molecule has 0 radical (unpaired) electrons. The standard InChI is InChI=1S/C10H15F/c1-2-3-5-9-6-4-7-10(11)8-9/h6,8H,2-5,7H2,1H3. The van der Waals surface area contributed by atoms with Crippen LogP contribution in [0, 0.1) is 0 Å². The largest absolute Gasteiger partial charge is 0.212 e. The van der Waals surface area contributed by atoms with E-state index in [4.69, 9.17) is 0 Å². The van der Waals surface area contributed by atoms with Crippen LogP contribution in [0.25, 0.3) is 0 Å². The van der Waals surface area contributed by atoms with Gasteiger partial charge in [-0.2, -0.15) is 0 Å². The highest BCUT2D eigenvalue weighted by Gasteiger charge is 2.03.